The Morgan fingerprint density at radius 3 is 1.05 bits per heavy atom. The zero-order chi connectivity index (χ0) is 45.6. The Hall–Kier alpha value is -1.65. The van der Waals surface area contributed by atoms with E-state index >= 15 is 0 Å². The molecule has 0 aromatic rings. The lowest BCUT2D eigenvalue weighted by atomic mass is 10.0. The molecule has 0 saturated carbocycles. The maximum absolute atomic E-state index is 12.5. The van der Waals surface area contributed by atoms with Gasteiger partial charge in [-0.1, -0.05) is 294 Å². The molecule has 0 aromatic carbocycles. The number of carbonyl (C=O) groups excluding carboxylic acids is 1. The fourth-order valence-electron chi connectivity index (χ4n) is 8.83. The first-order valence-electron chi connectivity index (χ1n) is 28.3. The second-order valence-electron chi connectivity index (χ2n) is 19.3. The van der Waals surface area contributed by atoms with Crippen molar-refractivity contribution in [1.82, 2.24) is 5.32 Å². The highest BCUT2D eigenvalue weighted by Crippen LogP contribution is 2.18. The molecule has 0 aliphatic carbocycles. The fourth-order valence-corrected chi connectivity index (χ4v) is 8.83. The Morgan fingerprint density at radius 2 is 0.698 bits per heavy atom. The largest absolute Gasteiger partial charge is 0.394 e. The third-order valence-corrected chi connectivity index (χ3v) is 13.1. The lowest BCUT2D eigenvalue weighted by Gasteiger charge is -2.22. The Balaban J connectivity index is 3.38. The van der Waals surface area contributed by atoms with Gasteiger partial charge in [0.1, 0.15) is 0 Å². The van der Waals surface area contributed by atoms with Gasteiger partial charge in [-0.05, 0) is 51.4 Å². The molecular weight excluding hydrogens is 771 g/mol. The molecule has 0 aliphatic heterocycles. The van der Waals surface area contributed by atoms with Crippen molar-refractivity contribution >= 4 is 5.91 Å². The number of unbranched alkanes of at least 4 members (excludes halogenated alkanes) is 37. The summed E-state index contributed by atoms with van der Waals surface area (Å²) in [5.41, 5.74) is 0. The number of allylic oxidation sites excluding steroid dienone is 8. The molecule has 63 heavy (non-hydrogen) atoms. The highest BCUT2D eigenvalue weighted by atomic mass is 16.3. The number of amides is 1. The van der Waals surface area contributed by atoms with Crippen LogP contribution in [0.1, 0.15) is 303 Å². The Labute approximate surface area is 394 Å². The van der Waals surface area contributed by atoms with Crippen molar-refractivity contribution in [3.8, 4) is 0 Å². The van der Waals surface area contributed by atoms with Crippen LogP contribution in [-0.2, 0) is 4.79 Å². The summed E-state index contributed by atoms with van der Waals surface area (Å²) in [6.07, 6.45) is 75.4. The molecule has 2 atom stereocenters. The number of hydrogen-bond donors (Lipinski definition) is 3. The van der Waals surface area contributed by atoms with Crippen molar-refractivity contribution in [1.29, 1.82) is 0 Å². The Kier molecular flexibility index (Phi) is 53.3. The molecule has 0 heterocycles. The molecule has 4 heteroatoms. The van der Waals surface area contributed by atoms with E-state index in [2.05, 4.69) is 67.8 Å². The zero-order valence-corrected chi connectivity index (χ0v) is 42.6. The van der Waals surface area contributed by atoms with Gasteiger partial charge < -0.3 is 15.5 Å². The smallest absolute Gasteiger partial charge is 0.220 e. The standard InChI is InChI=1S/C59H111NO3/c1-3-5-7-9-11-13-15-17-19-20-21-22-23-24-25-26-27-28-29-30-31-32-33-34-35-36-37-38-39-40-41-43-45-47-49-51-53-55-59(63)60-57(56-61)58(62)54-52-50-48-46-44-42-18-16-14-12-10-8-6-4-2/h5,7,11,13,17,19,21-22,57-58,61-62H,3-4,6,8-10,12,14-16,18,20,23-56H2,1-2H3,(H,60,63)/b7-5-,13-11-,19-17-,22-21-. The van der Waals surface area contributed by atoms with Gasteiger partial charge in [-0.25, -0.2) is 0 Å². The van der Waals surface area contributed by atoms with E-state index < -0.39 is 12.1 Å². The lowest BCUT2D eigenvalue weighted by molar-refractivity contribution is -0.123. The van der Waals surface area contributed by atoms with Crippen molar-refractivity contribution in [2.45, 2.75) is 315 Å². The molecule has 0 rings (SSSR count). The Morgan fingerprint density at radius 1 is 0.397 bits per heavy atom. The number of aliphatic hydroxyl groups is 2. The molecule has 0 aliphatic rings. The number of aliphatic hydroxyl groups excluding tert-OH is 2. The predicted octanol–water partition coefficient (Wildman–Crippen LogP) is 18.6. The van der Waals surface area contributed by atoms with E-state index in [1.165, 1.54) is 225 Å². The molecule has 0 fully saturated rings. The molecule has 2 unspecified atom stereocenters. The van der Waals surface area contributed by atoms with Crippen LogP contribution in [0.2, 0.25) is 0 Å². The second kappa shape index (κ2) is 54.7. The Bertz CT molecular complexity index is 1000. The van der Waals surface area contributed by atoms with Crippen molar-refractivity contribution in [2.24, 2.45) is 0 Å². The third kappa shape index (κ3) is 51.2. The molecular formula is C59H111NO3. The van der Waals surface area contributed by atoms with E-state index in [1.807, 2.05) is 0 Å². The van der Waals surface area contributed by atoms with Gasteiger partial charge in [-0.2, -0.15) is 0 Å². The summed E-state index contributed by atoms with van der Waals surface area (Å²) in [6.45, 7) is 4.26. The SMILES string of the molecule is CC/C=C\C/C=C\C/C=C\C/C=C\CCCCCCCCCCCCCCCCCCCCCCCCCCC(=O)NC(CO)C(O)CCCCCCCCCCCCCCCC. The molecule has 0 bridgehead atoms. The highest BCUT2D eigenvalue weighted by molar-refractivity contribution is 5.76. The summed E-state index contributed by atoms with van der Waals surface area (Å²) < 4.78 is 0. The molecule has 1 amide bonds. The monoisotopic (exact) mass is 882 g/mol. The van der Waals surface area contributed by atoms with Gasteiger partial charge in [0.15, 0.2) is 0 Å². The van der Waals surface area contributed by atoms with E-state index in [-0.39, 0.29) is 12.5 Å². The molecule has 370 valence electrons. The average molecular weight is 883 g/mol. The number of rotatable bonds is 52. The van der Waals surface area contributed by atoms with Crippen molar-refractivity contribution in [2.75, 3.05) is 6.61 Å². The minimum atomic E-state index is -0.657. The van der Waals surface area contributed by atoms with Gasteiger partial charge in [0, 0.05) is 6.42 Å². The quantitative estimate of drug-likeness (QED) is 0.0421. The van der Waals surface area contributed by atoms with Crippen LogP contribution in [0.25, 0.3) is 0 Å². The van der Waals surface area contributed by atoms with Crippen LogP contribution >= 0.6 is 0 Å². The number of nitrogens with one attached hydrogen (secondary N) is 1. The summed E-state index contributed by atoms with van der Waals surface area (Å²) in [5.74, 6) is -0.0266. The maximum atomic E-state index is 12.5. The lowest BCUT2D eigenvalue weighted by Crippen LogP contribution is -2.45. The summed E-state index contributed by atoms with van der Waals surface area (Å²) in [4.78, 5) is 12.5. The zero-order valence-electron chi connectivity index (χ0n) is 42.6. The normalized spacial score (nSPS) is 13.1. The van der Waals surface area contributed by atoms with Gasteiger partial charge in [-0.3, -0.25) is 4.79 Å². The first kappa shape index (κ1) is 61.4. The van der Waals surface area contributed by atoms with Crippen molar-refractivity contribution < 1.29 is 15.0 Å². The van der Waals surface area contributed by atoms with Gasteiger partial charge in [0.2, 0.25) is 5.91 Å². The van der Waals surface area contributed by atoms with Crippen LogP contribution in [0.15, 0.2) is 48.6 Å². The summed E-state index contributed by atoms with van der Waals surface area (Å²) in [6, 6.07) is -0.534. The minimum Gasteiger partial charge on any atom is -0.394 e. The molecule has 3 N–H and O–H groups in total. The van der Waals surface area contributed by atoms with Gasteiger partial charge in [-0.15, -0.1) is 0 Å². The fraction of sp³-hybridized carbons (Fsp3) is 0.847. The number of carbonyl (C=O) groups is 1. The summed E-state index contributed by atoms with van der Waals surface area (Å²) in [5, 5.41) is 23.3. The minimum absolute atomic E-state index is 0.0266. The summed E-state index contributed by atoms with van der Waals surface area (Å²) in [7, 11) is 0. The second-order valence-corrected chi connectivity index (χ2v) is 19.3. The molecule has 0 saturated heterocycles. The van der Waals surface area contributed by atoms with Crippen molar-refractivity contribution in [3.05, 3.63) is 48.6 Å². The van der Waals surface area contributed by atoms with Crippen molar-refractivity contribution in [3.63, 3.8) is 0 Å². The predicted molar refractivity (Wildman–Crippen MR) is 281 cm³/mol. The van der Waals surface area contributed by atoms with Crippen LogP contribution in [0, 0.1) is 0 Å². The molecule has 0 radical (unpaired) electrons. The molecule has 0 aromatic heterocycles. The van der Waals surface area contributed by atoms with Gasteiger partial charge in [0.25, 0.3) is 0 Å². The van der Waals surface area contributed by atoms with E-state index in [4.69, 9.17) is 0 Å². The van der Waals surface area contributed by atoms with E-state index in [0.29, 0.717) is 12.8 Å². The van der Waals surface area contributed by atoms with E-state index in [0.717, 1.165) is 51.4 Å². The molecule has 0 spiro atoms. The van der Waals surface area contributed by atoms with Crippen LogP contribution in [0.5, 0.6) is 0 Å². The van der Waals surface area contributed by atoms with E-state index in [1.54, 1.807) is 0 Å². The maximum Gasteiger partial charge on any atom is 0.220 e. The first-order valence-corrected chi connectivity index (χ1v) is 28.3. The van der Waals surface area contributed by atoms with Crippen LogP contribution in [0.3, 0.4) is 0 Å². The van der Waals surface area contributed by atoms with Crippen LogP contribution in [0.4, 0.5) is 0 Å². The van der Waals surface area contributed by atoms with Gasteiger partial charge >= 0.3 is 0 Å². The molecule has 4 nitrogen and oxygen atoms in total. The number of hydrogen-bond acceptors (Lipinski definition) is 3. The topological polar surface area (TPSA) is 69.6 Å². The summed E-state index contributed by atoms with van der Waals surface area (Å²) >= 11 is 0. The highest BCUT2D eigenvalue weighted by Gasteiger charge is 2.20. The third-order valence-electron chi connectivity index (χ3n) is 13.1. The van der Waals surface area contributed by atoms with Crippen LogP contribution in [-0.4, -0.2) is 34.9 Å². The van der Waals surface area contributed by atoms with E-state index in [9.17, 15) is 15.0 Å². The average Bonchev–Trinajstić information content (AvgIpc) is 3.29. The van der Waals surface area contributed by atoms with Gasteiger partial charge in [0.05, 0.1) is 18.8 Å². The first-order chi connectivity index (χ1) is 31.2. The van der Waals surface area contributed by atoms with Crippen LogP contribution < -0.4 is 5.32 Å².